The molecule has 2 heteroatoms. The molecule has 218 valence electrons. The van der Waals surface area contributed by atoms with Crippen LogP contribution < -0.4 is 4.57 Å². The van der Waals surface area contributed by atoms with E-state index < -0.39 is 0 Å². The Hall–Kier alpha value is -0.790. The summed E-state index contributed by atoms with van der Waals surface area (Å²) in [5, 5.41) is 0. The van der Waals surface area contributed by atoms with Gasteiger partial charge in [0.25, 0.3) is 5.82 Å². The molecule has 0 saturated carbocycles. The summed E-state index contributed by atoms with van der Waals surface area (Å²) in [5.41, 5.74) is 0. The second-order valence-electron chi connectivity index (χ2n) is 12.2. The lowest BCUT2D eigenvalue weighted by molar-refractivity contribution is -0.727. The number of aromatic amines is 1. The van der Waals surface area contributed by atoms with Gasteiger partial charge >= 0.3 is 0 Å². The fourth-order valence-electron chi connectivity index (χ4n) is 6.07. The second kappa shape index (κ2) is 25.5. The number of nitrogens with one attached hydrogen (secondary N) is 1. The van der Waals surface area contributed by atoms with Crippen molar-refractivity contribution in [2.24, 2.45) is 0 Å². The fraction of sp³-hybridized carbons (Fsp3) is 0.914. The summed E-state index contributed by atoms with van der Waals surface area (Å²) in [7, 11) is 0. The Morgan fingerprint density at radius 2 is 0.865 bits per heavy atom. The van der Waals surface area contributed by atoms with Crippen LogP contribution in [0.5, 0.6) is 0 Å². The predicted octanol–water partition coefficient (Wildman–Crippen LogP) is 12.1. The highest BCUT2D eigenvalue weighted by molar-refractivity contribution is 4.90. The summed E-state index contributed by atoms with van der Waals surface area (Å²) >= 11 is 0. The highest BCUT2D eigenvalue weighted by atomic mass is 15.1. The maximum atomic E-state index is 3.72. The quantitative estimate of drug-likeness (QED) is 0.0842. The number of aromatic nitrogens is 2. The van der Waals surface area contributed by atoms with Crippen molar-refractivity contribution in [3.8, 4) is 0 Å². The minimum absolute atomic E-state index is 0.622. The maximum Gasteiger partial charge on any atom is 0.257 e. The molecule has 0 radical (unpaired) electrons. The molecule has 0 aliphatic carbocycles. The smallest absolute Gasteiger partial charge is 0.247 e. The van der Waals surface area contributed by atoms with Gasteiger partial charge in [-0.25, -0.2) is 9.55 Å². The van der Waals surface area contributed by atoms with E-state index in [2.05, 4.69) is 49.6 Å². The molecule has 2 unspecified atom stereocenters. The molecule has 0 aliphatic rings. The topological polar surface area (TPSA) is 19.7 Å². The number of hydrogen-bond donors (Lipinski definition) is 1. The standard InChI is InChI=1S/C35H68N2/c1-5-8-11-14-16-18-19-20-22-24-27-30-34(29-26-23-21-17-15-12-9-6-2)35-36-31-32-37(35)33(4)28-25-13-10-7-3/h31-34H,5-30H2,1-4H3/p+1. The van der Waals surface area contributed by atoms with Gasteiger partial charge < -0.3 is 0 Å². The van der Waals surface area contributed by atoms with Crippen molar-refractivity contribution in [3.63, 3.8) is 0 Å². The summed E-state index contributed by atoms with van der Waals surface area (Å²) < 4.78 is 2.61. The van der Waals surface area contributed by atoms with Gasteiger partial charge in [-0.3, -0.25) is 0 Å². The third kappa shape index (κ3) is 18.2. The van der Waals surface area contributed by atoms with Crippen LogP contribution >= 0.6 is 0 Å². The average Bonchev–Trinajstić information content (AvgIpc) is 3.40. The lowest BCUT2D eigenvalue weighted by atomic mass is 9.92. The van der Waals surface area contributed by atoms with Crippen molar-refractivity contribution in [2.75, 3.05) is 0 Å². The lowest BCUT2D eigenvalue weighted by Crippen LogP contribution is -2.41. The molecular weight excluding hydrogens is 448 g/mol. The van der Waals surface area contributed by atoms with Crippen LogP contribution in [-0.4, -0.2) is 4.98 Å². The van der Waals surface area contributed by atoms with E-state index in [1.165, 1.54) is 173 Å². The highest BCUT2D eigenvalue weighted by Gasteiger charge is 2.25. The zero-order chi connectivity index (χ0) is 26.8. The van der Waals surface area contributed by atoms with Crippen LogP contribution in [0.2, 0.25) is 0 Å². The number of nitrogens with zero attached hydrogens (tertiary/aromatic N) is 1. The number of H-pyrrole nitrogens is 1. The van der Waals surface area contributed by atoms with Crippen molar-refractivity contribution in [1.82, 2.24) is 4.98 Å². The van der Waals surface area contributed by atoms with Crippen molar-refractivity contribution >= 4 is 0 Å². The molecule has 1 aromatic heterocycles. The molecule has 1 N–H and O–H groups in total. The Morgan fingerprint density at radius 1 is 0.514 bits per heavy atom. The minimum atomic E-state index is 0.622. The first-order valence-electron chi connectivity index (χ1n) is 17.3. The van der Waals surface area contributed by atoms with E-state index in [-0.39, 0.29) is 0 Å². The lowest BCUT2D eigenvalue weighted by Gasteiger charge is -2.17. The normalized spacial score (nSPS) is 13.3. The van der Waals surface area contributed by atoms with E-state index >= 15 is 0 Å². The number of rotatable bonds is 28. The van der Waals surface area contributed by atoms with Gasteiger partial charge in [-0.1, -0.05) is 162 Å². The van der Waals surface area contributed by atoms with E-state index in [1.54, 1.807) is 0 Å². The molecule has 0 saturated heterocycles. The first-order valence-corrected chi connectivity index (χ1v) is 17.3. The molecule has 1 aromatic rings. The highest BCUT2D eigenvalue weighted by Crippen LogP contribution is 2.27. The molecule has 0 spiro atoms. The molecular formula is C35H69N2+. The minimum Gasteiger partial charge on any atom is -0.247 e. The third-order valence-electron chi connectivity index (χ3n) is 8.64. The monoisotopic (exact) mass is 518 g/mol. The maximum absolute atomic E-state index is 3.72. The van der Waals surface area contributed by atoms with Crippen LogP contribution in [0, 0.1) is 0 Å². The van der Waals surface area contributed by atoms with E-state index in [4.69, 9.17) is 0 Å². The zero-order valence-electron chi connectivity index (χ0n) is 26.1. The molecule has 2 atom stereocenters. The van der Waals surface area contributed by atoms with Crippen molar-refractivity contribution < 1.29 is 4.57 Å². The zero-order valence-corrected chi connectivity index (χ0v) is 26.1. The summed E-state index contributed by atoms with van der Waals surface area (Å²) in [6, 6.07) is 0.622. The molecule has 37 heavy (non-hydrogen) atoms. The van der Waals surface area contributed by atoms with Crippen LogP contribution in [0.1, 0.15) is 212 Å². The summed E-state index contributed by atoms with van der Waals surface area (Å²) in [4.78, 5) is 3.72. The van der Waals surface area contributed by atoms with Crippen molar-refractivity contribution in [1.29, 1.82) is 0 Å². The van der Waals surface area contributed by atoms with Gasteiger partial charge in [0.1, 0.15) is 12.4 Å². The second-order valence-corrected chi connectivity index (χ2v) is 12.2. The van der Waals surface area contributed by atoms with E-state index in [0.29, 0.717) is 12.0 Å². The van der Waals surface area contributed by atoms with Crippen LogP contribution in [0.3, 0.4) is 0 Å². The Kier molecular flexibility index (Phi) is 23.6. The largest absolute Gasteiger partial charge is 0.257 e. The first kappa shape index (κ1) is 34.2. The summed E-state index contributed by atoms with van der Waals surface area (Å²) in [6.07, 6.45) is 41.3. The first-order chi connectivity index (χ1) is 18.2. The molecule has 0 aromatic carbocycles. The van der Waals surface area contributed by atoms with Gasteiger partial charge in [-0.2, -0.15) is 0 Å². The Balaban J connectivity index is 2.44. The Bertz CT molecular complexity index is 578. The Morgan fingerprint density at radius 3 is 1.30 bits per heavy atom. The van der Waals surface area contributed by atoms with Gasteiger partial charge in [0.05, 0.1) is 12.0 Å². The molecule has 1 heterocycles. The molecule has 0 amide bonds. The third-order valence-corrected chi connectivity index (χ3v) is 8.64. The van der Waals surface area contributed by atoms with Crippen LogP contribution in [0.4, 0.5) is 0 Å². The predicted molar refractivity (Wildman–Crippen MR) is 166 cm³/mol. The molecule has 1 rings (SSSR count). The number of unbranched alkanes of at least 4 members (excludes halogenated alkanes) is 20. The van der Waals surface area contributed by atoms with Crippen molar-refractivity contribution in [2.45, 2.75) is 207 Å². The van der Waals surface area contributed by atoms with Gasteiger partial charge in [0.15, 0.2) is 0 Å². The number of hydrogen-bond acceptors (Lipinski definition) is 0. The van der Waals surface area contributed by atoms with E-state index in [1.807, 2.05) is 0 Å². The summed E-state index contributed by atoms with van der Waals surface area (Å²) in [6.45, 7) is 9.38. The van der Waals surface area contributed by atoms with Gasteiger partial charge in [0, 0.05) is 0 Å². The molecule has 0 bridgehead atoms. The van der Waals surface area contributed by atoms with E-state index in [9.17, 15) is 0 Å². The van der Waals surface area contributed by atoms with Gasteiger partial charge in [-0.05, 0) is 32.6 Å². The van der Waals surface area contributed by atoms with Crippen LogP contribution in [0.25, 0.3) is 0 Å². The SMILES string of the molecule is CCCCCCCCCCCCCC(CCCCCCCCCC)c1[nH]cc[n+]1C(C)CCCCCC. The number of imidazole rings is 1. The average molecular weight is 518 g/mol. The molecule has 2 nitrogen and oxygen atoms in total. The molecule has 0 aliphatic heterocycles. The van der Waals surface area contributed by atoms with E-state index in [0.717, 1.165) is 0 Å². The summed E-state index contributed by atoms with van der Waals surface area (Å²) in [5.74, 6) is 2.24. The van der Waals surface area contributed by atoms with Gasteiger partial charge in [0.2, 0.25) is 0 Å². The van der Waals surface area contributed by atoms with Crippen LogP contribution in [0.15, 0.2) is 12.4 Å². The van der Waals surface area contributed by atoms with Crippen molar-refractivity contribution in [3.05, 3.63) is 18.2 Å². The molecule has 0 fully saturated rings. The fourth-order valence-corrected chi connectivity index (χ4v) is 6.07. The Labute approximate surface area is 234 Å². The van der Waals surface area contributed by atoms with Gasteiger partial charge in [-0.15, -0.1) is 0 Å². The van der Waals surface area contributed by atoms with Crippen LogP contribution in [-0.2, 0) is 0 Å².